The van der Waals surface area contributed by atoms with Crippen molar-refractivity contribution in [1.82, 2.24) is 14.3 Å². The highest BCUT2D eigenvalue weighted by Gasteiger charge is 2.27. The third-order valence-corrected chi connectivity index (χ3v) is 5.80. The van der Waals surface area contributed by atoms with Gasteiger partial charge in [0.1, 0.15) is 17.2 Å². The molecule has 4 rings (SSSR count). The van der Waals surface area contributed by atoms with E-state index in [0.29, 0.717) is 56.5 Å². The van der Waals surface area contributed by atoms with Crippen LogP contribution in [0.25, 0.3) is 5.52 Å². The molecule has 31 heavy (non-hydrogen) atoms. The molecule has 1 aromatic carbocycles. The topological polar surface area (TPSA) is 74.7 Å². The summed E-state index contributed by atoms with van der Waals surface area (Å²) in [6.45, 7) is 1.03. The fourth-order valence-electron chi connectivity index (χ4n) is 4.10. The Morgan fingerprint density at radius 3 is 2.45 bits per heavy atom. The predicted molar refractivity (Wildman–Crippen MR) is 111 cm³/mol. The summed E-state index contributed by atoms with van der Waals surface area (Å²) < 4.78 is 27.8. The molecular formula is C23H23F2N3O3. The Balaban J connectivity index is 1.26. The number of nitrogens with one attached hydrogen (secondary N) is 1. The van der Waals surface area contributed by atoms with Gasteiger partial charge in [0.25, 0.3) is 5.56 Å². The third kappa shape index (κ3) is 4.73. The van der Waals surface area contributed by atoms with Gasteiger partial charge >= 0.3 is 0 Å². The Bertz CT molecular complexity index is 1160. The molecule has 1 fully saturated rings. The number of aromatic nitrogens is 2. The van der Waals surface area contributed by atoms with Crippen molar-refractivity contribution in [3.05, 3.63) is 76.0 Å². The zero-order valence-electron chi connectivity index (χ0n) is 16.9. The number of benzene rings is 1. The van der Waals surface area contributed by atoms with Gasteiger partial charge in [-0.05, 0) is 49.9 Å². The number of nitrogens with zero attached hydrogens (tertiary/aromatic N) is 2. The summed E-state index contributed by atoms with van der Waals surface area (Å²) in [5.74, 6) is -0.995. The molecule has 0 bridgehead atoms. The number of carbonyl (C=O) groups is 2. The molecule has 0 radical (unpaired) electrons. The number of hydrogen-bond acceptors (Lipinski definition) is 3. The molecule has 0 aliphatic carbocycles. The Morgan fingerprint density at radius 1 is 1.03 bits per heavy atom. The number of halogens is 2. The Labute approximate surface area is 177 Å². The highest BCUT2D eigenvalue weighted by Crippen LogP contribution is 2.23. The molecule has 1 N–H and O–H groups in total. The second-order valence-electron chi connectivity index (χ2n) is 7.94. The first-order valence-corrected chi connectivity index (χ1v) is 10.4. The number of likely N-dealkylation sites (tertiary alicyclic amines) is 1. The van der Waals surface area contributed by atoms with Crippen LogP contribution in [0.15, 0.2) is 47.5 Å². The second-order valence-corrected chi connectivity index (χ2v) is 7.94. The summed E-state index contributed by atoms with van der Waals surface area (Å²) in [6.07, 6.45) is 5.47. The minimum Gasteiger partial charge on any atom is -0.343 e. The van der Waals surface area contributed by atoms with Gasteiger partial charge in [-0.25, -0.2) is 8.78 Å². The highest BCUT2D eigenvalue weighted by atomic mass is 19.1. The summed E-state index contributed by atoms with van der Waals surface area (Å²) in [7, 11) is 0. The van der Waals surface area contributed by atoms with Crippen molar-refractivity contribution in [3.8, 4) is 0 Å². The Hall–Kier alpha value is -3.29. The van der Waals surface area contributed by atoms with E-state index < -0.39 is 5.82 Å². The van der Waals surface area contributed by atoms with E-state index in [1.807, 2.05) is 0 Å². The lowest BCUT2D eigenvalue weighted by Crippen LogP contribution is -2.40. The molecule has 6 nitrogen and oxygen atoms in total. The summed E-state index contributed by atoms with van der Waals surface area (Å²) in [5, 5.41) is 0. The number of rotatable bonds is 6. The van der Waals surface area contributed by atoms with E-state index in [1.165, 1.54) is 40.9 Å². The van der Waals surface area contributed by atoms with Gasteiger partial charge in [-0.3, -0.25) is 14.4 Å². The average Bonchev–Trinajstić information content (AvgIpc) is 3.15. The van der Waals surface area contributed by atoms with Crippen LogP contribution in [0.2, 0.25) is 0 Å². The molecule has 162 valence electrons. The molecule has 0 spiro atoms. The maximum Gasteiger partial charge on any atom is 0.272 e. The average molecular weight is 427 g/mol. The minimum atomic E-state index is -0.473. The molecule has 3 heterocycles. The number of H-pyrrole nitrogens is 1. The summed E-state index contributed by atoms with van der Waals surface area (Å²) in [4.78, 5) is 41.6. The zero-order valence-corrected chi connectivity index (χ0v) is 16.9. The number of piperidine rings is 1. The van der Waals surface area contributed by atoms with Gasteiger partial charge in [-0.2, -0.15) is 0 Å². The lowest BCUT2D eigenvalue weighted by Gasteiger charge is -2.31. The number of ketones is 1. The molecule has 8 heteroatoms. The van der Waals surface area contributed by atoms with E-state index in [2.05, 4.69) is 4.98 Å². The SMILES string of the molecule is O=C(c1ccc(F)cc1)C1CCN(C(=O)CCCc2cn3cc(F)cc3c(=O)[nH]2)CC1. The third-order valence-electron chi connectivity index (χ3n) is 5.80. The molecule has 2 aromatic heterocycles. The van der Waals surface area contributed by atoms with Crippen LogP contribution in [0.3, 0.4) is 0 Å². The molecule has 1 aliphatic rings. The van der Waals surface area contributed by atoms with E-state index in [9.17, 15) is 23.2 Å². The number of aryl methyl sites for hydroxylation is 1. The normalized spacial score (nSPS) is 14.8. The summed E-state index contributed by atoms with van der Waals surface area (Å²) in [5.41, 5.74) is 1.03. The second kappa shape index (κ2) is 8.83. The lowest BCUT2D eigenvalue weighted by molar-refractivity contribution is -0.132. The quantitative estimate of drug-likeness (QED) is 0.613. The maximum absolute atomic E-state index is 13.3. The van der Waals surface area contributed by atoms with Crippen LogP contribution < -0.4 is 5.56 Å². The van der Waals surface area contributed by atoms with Crippen molar-refractivity contribution < 1.29 is 18.4 Å². The number of aromatic amines is 1. The van der Waals surface area contributed by atoms with Crippen LogP contribution in [0.4, 0.5) is 8.78 Å². The smallest absolute Gasteiger partial charge is 0.272 e. The maximum atomic E-state index is 13.3. The number of fused-ring (bicyclic) bond motifs is 1. The van der Waals surface area contributed by atoms with Crippen molar-refractivity contribution in [1.29, 1.82) is 0 Å². The predicted octanol–water partition coefficient (Wildman–Crippen LogP) is 3.35. The van der Waals surface area contributed by atoms with Crippen LogP contribution >= 0.6 is 0 Å². The minimum absolute atomic E-state index is 0.00658. The first-order chi connectivity index (χ1) is 14.9. The molecule has 1 amide bonds. The van der Waals surface area contributed by atoms with Crippen molar-refractivity contribution in [2.45, 2.75) is 32.1 Å². The van der Waals surface area contributed by atoms with Gasteiger partial charge in [0.2, 0.25) is 5.91 Å². The highest BCUT2D eigenvalue weighted by molar-refractivity contribution is 5.98. The van der Waals surface area contributed by atoms with Crippen LogP contribution in [0.5, 0.6) is 0 Å². The number of hydrogen-bond donors (Lipinski definition) is 1. The van der Waals surface area contributed by atoms with Gasteiger partial charge < -0.3 is 14.3 Å². The molecule has 0 atom stereocenters. The molecule has 1 aliphatic heterocycles. The monoisotopic (exact) mass is 427 g/mol. The lowest BCUT2D eigenvalue weighted by atomic mass is 9.88. The number of Topliss-reactive ketones (excluding diaryl/α,β-unsaturated/α-hetero) is 1. The molecule has 3 aromatic rings. The Kier molecular flexibility index (Phi) is 5.97. The zero-order chi connectivity index (χ0) is 22.0. The van der Waals surface area contributed by atoms with Crippen LogP contribution in [0, 0.1) is 17.6 Å². The van der Waals surface area contributed by atoms with Crippen LogP contribution in [-0.4, -0.2) is 39.1 Å². The largest absolute Gasteiger partial charge is 0.343 e. The fourth-order valence-corrected chi connectivity index (χ4v) is 4.10. The molecule has 0 unspecified atom stereocenters. The fraction of sp³-hybridized carbons (Fsp3) is 0.348. The van der Waals surface area contributed by atoms with E-state index in [-0.39, 0.29) is 34.5 Å². The van der Waals surface area contributed by atoms with Gasteiger partial charge in [0, 0.05) is 55.1 Å². The van der Waals surface area contributed by atoms with Gasteiger partial charge in [0.15, 0.2) is 5.78 Å². The van der Waals surface area contributed by atoms with E-state index in [1.54, 1.807) is 11.1 Å². The summed E-state index contributed by atoms with van der Waals surface area (Å²) in [6, 6.07) is 6.74. The van der Waals surface area contributed by atoms with Crippen molar-refractivity contribution in [2.75, 3.05) is 13.1 Å². The number of amides is 1. The van der Waals surface area contributed by atoms with Crippen molar-refractivity contribution >= 4 is 17.2 Å². The molecule has 0 saturated carbocycles. The van der Waals surface area contributed by atoms with E-state index in [4.69, 9.17) is 0 Å². The van der Waals surface area contributed by atoms with E-state index >= 15 is 0 Å². The van der Waals surface area contributed by atoms with Crippen molar-refractivity contribution in [2.24, 2.45) is 5.92 Å². The van der Waals surface area contributed by atoms with Crippen LogP contribution in [-0.2, 0) is 11.2 Å². The van der Waals surface area contributed by atoms with Crippen molar-refractivity contribution in [3.63, 3.8) is 0 Å². The van der Waals surface area contributed by atoms with Gasteiger partial charge in [-0.1, -0.05) is 0 Å². The Morgan fingerprint density at radius 2 is 1.74 bits per heavy atom. The molecular weight excluding hydrogens is 404 g/mol. The first-order valence-electron chi connectivity index (χ1n) is 10.4. The van der Waals surface area contributed by atoms with Gasteiger partial charge in [0.05, 0.1) is 0 Å². The standard InChI is InChI=1S/C23H23F2N3O3/c24-17-6-4-15(5-7-17)22(30)16-8-10-27(11-9-16)21(29)3-1-2-19-14-28-13-18(25)12-20(28)23(31)26-19/h4-7,12-14,16H,1-3,8-11H2,(H,26,31). The number of carbonyl (C=O) groups excluding carboxylic acids is 2. The molecule has 1 saturated heterocycles. The van der Waals surface area contributed by atoms with Crippen LogP contribution in [0.1, 0.15) is 41.7 Å². The van der Waals surface area contributed by atoms with Gasteiger partial charge in [-0.15, -0.1) is 0 Å². The van der Waals surface area contributed by atoms with E-state index in [0.717, 1.165) is 0 Å². The summed E-state index contributed by atoms with van der Waals surface area (Å²) >= 11 is 0. The first kappa shape index (κ1) is 21.0.